The van der Waals surface area contributed by atoms with E-state index < -0.39 is 11.1 Å². The fraction of sp³-hybridized carbons (Fsp3) is 0.0833. The van der Waals surface area contributed by atoms with Crippen molar-refractivity contribution in [1.29, 1.82) is 0 Å². The van der Waals surface area contributed by atoms with E-state index in [4.69, 9.17) is 21.1 Å². The van der Waals surface area contributed by atoms with Gasteiger partial charge in [0.1, 0.15) is 12.4 Å². The Labute approximate surface area is 193 Å². The number of imide groups is 1. The van der Waals surface area contributed by atoms with Crippen LogP contribution in [0, 0.1) is 5.82 Å². The SMILES string of the molecule is COc1cc(/C=C2\SC(=O)N(c3cccc(Cl)c3)C2=O)ccc1OCc1cccc(F)c1. The van der Waals surface area contributed by atoms with Crippen molar-refractivity contribution in [2.24, 2.45) is 0 Å². The smallest absolute Gasteiger partial charge is 0.298 e. The van der Waals surface area contributed by atoms with E-state index in [0.717, 1.165) is 16.7 Å². The Morgan fingerprint density at radius 2 is 1.84 bits per heavy atom. The predicted octanol–water partition coefficient (Wildman–Crippen LogP) is 6.31. The minimum Gasteiger partial charge on any atom is -0.493 e. The fourth-order valence-electron chi connectivity index (χ4n) is 3.14. The summed E-state index contributed by atoms with van der Waals surface area (Å²) in [5.41, 5.74) is 1.77. The van der Waals surface area contributed by atoms with Crippen molar-refractivity contribution in [3.63, 3.8) is 0 Å². The summed E-state index contributed by atoms with van der Waals surface area (Å²) in [6, 6.07) is 17.9. The third-order valence-electron chi connectivity index (χ3n) is 4.63. The first-order chi connectivity index (χ1) is 15.4. The monoisotopic (exact) mass is 469 g/mol. The van der Waals surface area contributed by atoms with Gasteiger partial charge in [-0.15, -0.1) is 0 Å². The highest BCUT2D eigenvalue weighted by molar-refractivity contribution is 8.19. The number of halogens is 2. The Morgan fingerprint density at radius 1 is 1.03 bits per heavy atom. The van der Waals surface area contributed by atoms with Crippen molar-refractivity contribution in [2.45, 2.75) is 6.61 Å². The molecule has 0 unspecified atom stereocenters. The number of amides is 2. The number of nitrogens with zero attached hydrogens (tertiary/aromatic N) is 1. The lowest BCUT2D eigenvalue weighted by molar-refractivity contribution is -0.113. The largest absolute Gasteiger partial charge is 0.493 e. The molecule has 1 heterocycles. The molecule has 0 bridgehead atoms. The maximum absolute atomic E-state index is 13.3. The van der Waals surface area contributed by atoms with Gasteiger partial charge < -0.3 is 9.47 Å². The van der Waals surface area contributed by atoms with Crippen molar-refractivity contribution in [2.75, 3.05) is 12.0 Å². The summed E-state index contributed by atoms with van der Waals surface area (Å²) in [4.78, 5) is 26.6. The normalized spacial score (nSPS) is 14.8. The van der Waals surface area contributed by atoms with Crippen LogP contribution in [0.4, 0.5) is 14.9 Å². The van der Waals surface area contributed by atoms with Gasteiger partial charge in [0.25, 0.3) is 11.1 Å². The Hall–Kier alpha value is -3.29. The standard InChI is InChI=1S/C24H17ClFNO4S/c1-30-21-11-15(8-9-20(21)31-14-16-4-2-6-18(26)10-16)12-22-23(28)27(24(29)32-22)19-7-3-5-17(25)13-19/h2-13H,14H2,1H3/b22-12-. The van der Waals surface area contributed by atoms with E-state index in [1.165, 1.54) is 19.2 Å². The summed E-state index contributed by atoms with van der Waals surface area (Å²) in [6.07, 6.45) is 1.62. The van der Waals surface area contributed by atoms with Gasteiger partial charge in [0.2, 0.25) is 0 Å². The van der Waals surface area contributed by atoms with Gasteiger partial charge in [-0.3, -0.25) is 9.59 Å². The Morgan fingerprint density at radius 3 is 2.59 bits per heavy atom. The average Bonchev–Trinajstić information content (AvgIpc) is 3.05. The second-order valence-electron chi connectivity index (χ2n) is 6.83. The Bertz CT molecular complexity index is 1230. The van der Waals surface area contributed by atoms with Gasteiger partial charge in [0.15, 0.2) is 11.5 Å². The van der Waals surface area contributed by atoms with Gasteiger partial charge in [0.05, 0.1) is 17.7 Å². The molecular weight excluding hydrogens is 453 g/mol. The lowest BCUT2D eigenvalue weighted by atomic mass is 10.1. The number of carbonyl (C=O) groups excluding carboxylic acids is 2. The Kier molecular flexibility index (Phi) is 6.48. The highest BCUT2D eigenvalue weighted by Gasteiger charge is 2.36. The molecule has 0 aliphatic carbocycles. The van der Waals surface area contributed by atoms with Gasteiger partial charge in [-0.05, 0) is 71.4 Å². The van der Waals surface area contributed by atoms with Crippen LogP contribution < -0.4 is 14.4 Å². The molecule has 1 saturated heterocycles. The molecule has 32 heavy (non-hydrogen) atoms. The predicted molar refractivity (Wildman–Crippen MR) is 124 cm³/mol. The van der Waals surface area contributed by atoms with E-state index in [0.29, 0.717) is 33.3 Å². The van der Waals surface area contributed by atoms with Crippen LogP contribution in [-0.4, -0.2) is 18.3 Å². The molecule has 0 atom stereocenters. The molecule has 4 rings (SSSR count). The van der Waals surface area contributed by atoms with Crippen LogP contribution in [0.25, 0.3) is 6.08 Å². The maximum Gasteiger partial charge on any atom is 0.298 e. The topological polar surface area (TPSA) is 55.8 Å². The first-order valence-corrected chi connectivity index (χ1v) is 10.7. The summed E-state index contributed by atoms with van der Waals surface area (Å²) < 4.78 is 24.5. The highest BCUT2D eigenvalue weighted by Crippen LogP contribution is 2.37. The van der Waals surface area contributed by atoms with E-state index in [1.54, 1.807) is 60.7 Å². The molecule has 0 radical (unpaired) electrons. The van der Waals surface area contributed by atoms with Gasteiger partial charge >= 0.3 is 0 Å². The lowest BCUT2D eigenvalue weighted by Gasteiger charge is -2.12. The van der Waals surface area contributed by atoms with E-state index >= 15 is 0 Å². The number of thioether (sulfide) groups is 1. The van der Waals surface area contributed by atoms with Crippen LogP contribution in [0.1, 0.15) is 11.1 Å². The quantitative estimate of drug-likeness (QED) is 0.396. The average molecular weight is 470 g/mol. The first kappa shape index (κ1) is 21.9. The van der Waals surface area contributed by atoms with Crippen LogP contribution >= 0.6 is 23.4 Å². The third kappa shape index (κ3) is 4.79. The van der Waals surface area contributed by atoms with Crippen LogP contribution in [0.15, 0.2) is 71.6 Å². The highest BCUT2D eigenvalue weighted by atomic mass is 35.5. The minimum atomic E-state index is -0.423. The molecule has 2 amide bonds. The van der Waals surface area contributed by atoms with Crippen molar-refractivity contribution < 1.29 is 23.5 Å². The molecule has 1 aliphatic heterocycles. The first-order valence-electron chi connectivity index (χ1n) is 9.53. The van der Waals surface area contributed by atoms with E-state index in [9.17, 15) is 14.0 Å². The number of hydrogen-bond acceptors (Lipinski definition) is 5. The number of rotatable bonds is 6. The second kappa shape index (κ2) is 9.46. The zero-order valence-corrected chi connectivity index (χ0v) is 18.5. The lowest BCUT2D eigenvalue weighted by Crippen LogP contribution is -2.27. The Balaban J connectivity index is 1.53. The number of hydrogen-bond donors (Lipinski definition) is 0. The van der Waals surface area contributed by atoms with Crippen LogP contribution in [-0.2, 0) is 11.4 Å². The van der Waals surface area contributed by atoms with Gasteiger partial charge in [-0.2, -0.15) is 0 Å². The molecule has 1 fully saturated rings. The number of carbonyl (C=O) groups is 2. The molecule has 0 N–H and O–H groups in total. The van der Waals surface area contributed by atoms with Crippen molar-refractivity contribution >= 4 is 46.3 Å². The van der Waals surface area contributed by atoms with Gasteiger partial charge in [0, 0.05) is 5.02 Å². The van der Waals surface area contributed by atoms with E-state index in [-0.39, 0.29) is 17.3 Å². The summed E-state index contributed by atoms with van der Waals surface area (Å²) in [5.74, 6) is 0.165. The van der Waals surface area contributed by atoms with E-state index in [2.05, 4.69) is 0 Å². The molecule has 5 nitrogen and oxygen atoms in total. The molecule has 3 aromatic carbocycles. The summed E-state index contributed by atoms with van der Waals surface area (Å²) in [6.45, 7) is 0.173. The number of ether oxygens (including phenoxy) is 2. The van der Waals surface area contributed by atoms with E-state index in [1.807, 2.05) is 0 Å². The molecular formula is C24H17ClFNO4S. The number of methoxy groups -OCH3 is 1. The maximum atomic E-state index is 13.3. The van der Waals surface area contributed by atoms with Crippen LogP contribution in [0.3, 0.4) is 0 Å². The number of benzene rings is 3. The zero-order chi connectivity index (χ0) is 22.7. The molecule has 0 aromatic heterocycles. The summed E-state index contributed by atoms with van der Waals surface area (Å²) in [5, 5.41) is 0.0367. The second-order valence-corrected chi connectivity index (χ2v) is 8.26. The molecule has 162 valence electrons. The molecule has 0 spiro atoms. The van der Waals surface area contributed by atoms with Crippen LogP contribution in [0.2, 0.25) is 5.02 Å². The van der Waals surface area contributed by atoms with Gasteiger partial charge in [-0.1, -0.05) is 35.9 Å². The number of anilines is 1. The zero-order valence-electron chi connectivity index (χ0n) is 16.9. The molecule has 1 aliphatic rings. The fourth-order valence-corrected chi connectivity index (χ4v) is 4.16. The van der Waals surface area contributed by atoms with Crippen molar-refractivity contribution in [1.82, 2.24) is 0 Å². The molecule has 3 aromatic rings. The summed E-state index contributed by atoms with van der Waals surface area (Å²) >= 11 is 6.84. The molecule has 0 saturated carbocycles. The minimum absolute atomic E-state index is 0.173. The third-order valence-corrected chi connectivity index (χ3v) is 5.73. The van der Waals surface area contributed by atoms with Gasteiger partial charge in [-0.25, -0.2) is 9.29 Å². The van der Waals surface area contributed by atoms with Crippen molar-refractivity contribution in [3.8, 4) is 11.5 Å². The van der Waals surface area contributed by atoms with Crippen LogP contribution in [0.5, 0.6) is 11.5 Å². The summed E-state index contributed by atoms with van der Waals surface area (Å²) in [7, 11) is 1.50. The molecule has 8 heteroatoms. The van der Waals surface area contributed by atoms with Crippen molar-refractivity contribution in [3.05, 3.63) is 93.6 Å².